The van der Waals surface area contributed by atoms with Gasteiger partial charge >= 0.3 is 0 Å². The maximum absolute atomic E-state index is 12.2. The van der Waals surface area contributed by atoms with Crippen molar-refractivity contribution in [3.05, 3.63) is 97.2 Å². The lowest BCUT2D eigenvalue weighted by Gasteiger charge is -2.39. The number of amides is 1. The molecule has 0 spiro atoms. The average molecular weight is 650 g/mol. The second-order valence-corrected chi connectivity index (χ2v) is 10.6. The zero-order valence-electron chi connectivity index (χ0n) is 28.8. The molecule has 8 nitrogen and oxygen atoms in total. The minimum atomic E-state index is 0.175. The normalized spacial score (nSPS) is 16.7. The van der Waals surface area contributed by atoms with Crippen molar-refractivity contribution in [2.45, 2.75) is 58.9 Å². The summed E-state index contributed by atoms with van der Waals surface area (Å²) < 4.78 is 0. The highest BCUT2D eigenvalue weighted by molar-refractivity contribution is 7.80. The highest BCUT2D eigenvalue weighted by Crippen LogP contribution is 2.31. The molecule has 2 aliphatic rings. The van der Waals surface area contributed by atoms with E-state index in [9.17, 15) is 4.79 Å². The average Bonchev–Trinajstić information content (AvgIpc) is 3.07. The topological polar surface area (TPSA) is 101 Å². The molecule has 0 radical (unpaired) electrons. The Kier molecular flexibility index (Phi) is 26.1. The van der Waals surface area contributed by atoms with Crippen molar-refractivity contribution in [1.82, 2.24) is 15.5 Å². The fourth-order valence-electron chi connectivity index (χ4n) is 4.78. The van der Waals surface area contributed by atoms with Crippen molar-refractivity contribution < 1.29 is 4.79 Å². The number of nitrogens with one attached hydrogen (secondary N) is 3. The number of likely N-dealkylation sites (tertiary alicyclic amines) is 1. The quantitative estimate of drug-likeness (QED) is 0.0378. The van der Waals surface area contributed by atoms with Gasteiger partial charge in [0.2, 0.25) is 6.41 Å². The van der Waals surface area contributed by atoms with Crippen molar-refractivity contribution in [3.8, 4) is 0 Å². The molecule has 0 atom stereocenters. The molecule has 1 aliphatic heterocycles. The van der Waals surface area contributed by atoms with Crippen molar-refractivity contribution in [2.24, 2.45) is 5.73 Å². The van der Waals surface area contributed by atoms with Gasteiger partial charge in [0.1, 0.15) is 0 Å². The van der Waals surface area contributed by atoms with Crippen LogP contribution < -0.4 is 26.2 Å². The Balaban J connectivity index is 0.00000145. The molecule has 254 valence electrons. The summed E-state index contributed by atoms with van der Waals surface area (Å²) in [6, 6.07) is 8.40. The molecule has 1 aromatic rings. The van der Waals surface area contributed by atoms with Gasteiger partial charge in [-0.2, -0.15) is 0 Å². The molecule has 0 bridgehead atoms. The largest absolute Gasteiger partial charge is 0.390 e. The number of para-hydroxylation sites is 2. The third-order valence-electron chi connectivity index (χ3n) is 7.07. The van der Waals surface area contributed by atoms with Gasteiger partial charge in [0.25, 0.3) is 0 Å². The highest BCUT2D eigenvalue weighted by Gasteiger charge is 2.27. The Bertz CT molecular complexity index is 1130. The van der Waals surface area contributed by atoms with E-state index in [-0.39, 0.29) is 6.04 Å². The van der Waals surface area contributed by atoms with Crippen LogP contribution in [0.4, 0.5) is 11.4 Å². The van der Waals surface area contributed by atoms with Crippen LogP contribution in [-0.2, 0) is 4.79 Å². The molecule has 1 aromatic carbocycles. The standard InChI is InChI=1S/C27H39N5OS.C7H10.C2H6.CH4N2/c1-28-17-10-18-30(2)25-13-8-9-14-26(25)32(22-33)24-15-19-31(20-16-24)27(34)29-21-23-11-6-4-3-5-7-12-23;1-3-5-7-6-4-2;1-2;2-1-3/h3-6,8-9,12-14,22,24,28H,7,10-11,15-21H2,1-2H3,(H,29,34);3-7H,1H2,2H3;1-2H3;1H,(H3,2,3)/b5-3-,6-4-,23-12+;6-4-,7-5-;;. The van der Waals surface area contributed by atoms with Crippen LogP contribution in [0.15, 0.2) is 97.2 Å². The molecule has 9 heteroatoms. The number of thiocarbonyl (C=S) groups is 1. The Morgan fingerprint density at radius 2 is 1.78 bits per heavy atom. The van der Waals surface area contributed by atoms with Crippen LogP contribution in [0, 0.1) is 5.41 Å². The van der Waals surface area contributed by atoms with Gasteiger partial charge in [-0.25, -0.2) is 0 Å². The first-order valence-corrected chi connectivity index (χ1v) is 16.7. The predicted molar refractivity (Wildman–Crippen MR) is 206 cm³/mol. The van der Waals surface area contributed by atoms with Gasteiger partial charge in [-0.15, -0.1) is 0 Å². The van der Waals surface area contributed by atoms with E-state index in [4.69, 9.17) is 17.6 Å². The summed E-state index contributed by atoms with van der Waals surface area (Å²) in [6.45, 7) is 13.9. The summed E-state index contributed by atoms with van der Waals surface area (Å²) in [5, 5.41) is 13.3. The number of nitrogens with two attached hydrogens (primary N) is 1. The molecule has 1 saturated heterocycles. The number of benzene rings is 1. The first-order chi connectivity index (χ1) is 22.5. The smallest absolute Gasteiger partial charge is 0.214 e. The van der Waals surface area contributed by atoms with E-state index in [1.54, 1.807) is 6.08 Å². The highest BCUT2D eigenvalue weighted by atomic mass is 32.1. The molecule has 1 aliphatic carbocycles. The number of hydrogen-bond donors (Lipinski definition) is 4. The SMILES string of the molecule is C=C/C=C\C=C/C.CC.CNCCCN(C)c1ccccc1N(C=O)C1CCN(C(=S)NC/C2=C/C/C=C\C=C/C2)CC1.N=CN. The molecule has 1 heterocycles. The molecule has 0 aromatic heterocycles. The van der Waals surface area contributed by atoms with E-state index in [1.165, 1.54) is 5.57 Å². The number of allylic oxidation sites excluding steroid dienone is 10. The van der Waals surface area contributed by atoms with E-state index in [2.05, 4.69) is 82.3 Å². The molecular weight excluding hydrogens is 591 g/mol. The second-order valence-electron chi connectivity index (χ2n) is 10.2. The first-order valence-electron chi connectivity index (χ1n) is 16.3. The van der Waals surface area contributed by atoms with Crippen LogP contribution in [0.5, 0.6) is 0 Å². The molecule has 5 N–H and O–H groups in total. The van der Waals surface area contributed by atoms with Gasteiger partial charge in [0.05, 0.1) is 17.7 Å². The minimum absolute atomic E-state index is 0.175. The number of rotatable bonds is 12. The van der Waals surface area contributed by atoms with E-state index in [0.29, 0.717) is 0 Å². The Morgan fingerprint density at radius 1 is 1.13 bits per heavy atom. The van der Waals surface area contributed by atoms with Crippen LogP contribution in [0.3, 0.4) is 0 Å². The van der Waals surface area contributed by atoms with Crippen molar-refractivity contribution in [3.63, 3.8) is 0 Å². The summed E-state index contributed by atoms with van der Waals surface area (Å²) in [5.41, 5.74) is 7.84. The zero-order valence-corrected chi connectivity index (χ0v) is 29.6. The van der Waals surface area contributed by atoms with Crippen LogP contribution in [0.25, 0.3) is 0 Å². The van der Waals surface area contributed by atoms with E-state index >= 15 is 0 Å². The molecule has 3 rings (SSSR count). The van der Waals surface area contributed by atoms with E-state index < -0.39 is 0 Å². The number of carbonyl (C=O) groups is 1. The summed E-state index contributed by atoms with van der Waals surface area (Å²) in [7, 11) is 4.07. The van der Waals surface area contributed by atoms with Gasteiger partial charge in [-0.3, -0.25) is 10.2 Å². The summed E-state index contributed by atoms with van der Waals surface area (Å²) in [4.78, 5) is 18.6. The lowest BCUT2D eigenvalue weighted by molar-refractivity contribution is -0.108. The molecule has 0 unspecified atom stereocenters. The number of nitrogens with zero attached hydrogens (tertiary/aromatic N) is 3. The maximum atomic E-state index is 12.2. The molecule has 1 amide bonds. The Hall–Kier alpha value is -3.95. The summed E-state index contributed by atoms with van der Waals surface area (Å²) >= 11 is 5.70. The molecule has 1 fully saturated rings. The number of piperidine rings is 1. The Labute approximate surface area is 285 Å². The fraction of sp³-hybridized carbons (Fsp3) is 0.432. The molecular formula is C37H59N7OS. The maximum Gasteiger partial charge on any atom is 0.214 e. The van der Waals surface area contributed by atoms with Crippen LogP contribution in [-0.4, -0.2) is 75.6 Å². The fourth-order valence-corrected chi connectivity index (χ4v) is 5.03. The van der Waals surface area contributed by atoms with Gasteiger partial charge in [-0.1, -0.05) is 98.9 Å². The van der Waals surface area contributed by atoms with Crippen molar-refractivity contribution in [1.29, 1.82) is 5.41 Å². The number of carbonyl (C=O) groups excluding carboxylic acids is 1. The van der Waals surface area contributed by atoms with E-state index in [1.807, 2.05) is 69.2 Å². The van der Waals surface area contributed by atoms with E-state index in [0.717, 1.165) is 94.1 Å². The van der Waals surface area contributed by atoms with Crippen LogP contribution >= 0.6 is 12.2 Å². The van der Waals surface area contributed by atoms with Crippen molar-refractivity contribution in [2.75, 3.05) is 56.6 Å². The Morgan fingerprint density at radius 3 is 2.39 bits per heavy atom. The summed E-state index contributed by atoms with van der Waals surface area (Å²) in [5.74, 6) is 0. The van der Waals surface area contributed by atoms with Gasteiger partial charge < -0.3 is 31.1 Å². The van der Waals surface area contributed by atoms with Crippen LogP contribution in [0.1, 0.15) is 52.9 Å². The van der Waals surface area contributed by atoms with Crippen molar-refractivity contribution >= 4 is 41.5 Å². The van der Waals surface area contributed by atoms with Crippen LogP contribution in [0.2, 0.25) is 0 Å². The summed E-state index contributed by atoms with van der Waals surface area (Å²) in [6.07, 6.45) is 26.8. The zero-order chi connectivity index (χ0) is 34.4. The third kappa shape index (κ3) is 17.5. The molecule has 46 heavy (non-hydrogen) atoms. The van der Waals surface area contributed by atoms with Gasteiger partial charge in [-0.05, 0) is 77.0 Å². The number of anilines is 2. The lowest BCUT2D eigenvalue weighted by Crippen LogP contribution is -2.49. The first kappa shape index (κ1) is 42.0. The van der Waals surface area contributed by atoms with Gasteiger partial charge in [0, 0.05) is 39.3 Å². The lowest BCUT2D eigenvalue weighted by atomic mass is 10.0. The third-order valence-corrected chi connectivity index (χ3v) is 7.48. The number of hydrogen-bond acceptors (Lipinski definition) is 5. The molecule has 0 saturated carbocycles. The minimum Gasteiger partial charge on any atom is -0.390 e. The monoisotopic (exact) mass is 649 g/mol. The second kappa shape index (κ2) is 28.5. The predicted octanol–water partition coefficient (Wildman–Crippen LogP) is 6.75. The van der Waals surface area contributed by atoms with Gasteiger partial charge in [0.15, 0.2) is 5.11 Å².